The first-order valence-corrected chi connectivity index (χ1v) is 9.37. The first-order chi connectivity index (χ1) is 10.8. The lowest BCUT2D eigenvalue weighted by Crippen LogP contribution is -2.37. The Labute approximate surface area is 138 Å². The van der Waals surface area contributed by atoms with E-state index >= 15 is 0 Å². The molecule has 1 fully saturated rings. The second-order valence-electron chi connectivity index (χ2n) is 5.56. The molecular formula is C17H27N3OS. The molecule has 2 rings (SSSR count). The number of benzene rings is 1. The minimum atomic E-state index is 0.725. The summed E-state index contributed by atoms with van der Waals surface area (Å²) in [4.78, 5) is 4.26. The summed E-state index contributed by atoms with van der Waals surface area (Å²) in [5.74, 6) is 3.77. The Hall–Kier alpha value is -1.36. The molecule has 0 heterocycles. The predicted octanol–water partition coefficient (Wildman–Crippen LogP) is 2.89. The molecule has 122 valence electrons. The number of guanidine groups is 1. The molecule has 1 aliphatic carbocycles. The summed E-state index contributed by atoms with van der Waals surface area (Å²) in [5, 5.41) is 6.70. The SMILES string of the molecule is CN=C(NCCCSC)NCc1ccccc1OCC1CC1. The van der Waals surface area contributed by atoms with Crippen molar-refractivity contribution in [2.24, 2.45) is 10.9 Å². The normalized spacial score (nSPS) is 14.7. The fourth-order valence-electron chi connectivity index (χ4n) is 2.11. The molecule has 0 saturated heterocycles. The quantitative estimate of drug-likeness (QED) is 0.417. The van der Waals surface area contributed by atoms with E-state index in [9.17, 15) is 0 Å². The number of aliphatic imine (C=N–C) groups is 1. The maximum atomic E-state index is 5.94. The van der Waals surface area contributed by atoms with Gasteiger partial charge < -0.3 is 15.4 Å². The molecular weight excluding hydrogens is 294 g/mol. The summed E-state index contributed by atoms with van der Waals surface area (Å²) in [6, 6.07) is 8.24. The molecule has 1 aliphatic rings. The van der Waals surface area contributed by atoms with Crippen molar-refractivity contribution in [1.29, 1.82) is 0 Å². The smallest absolute Gasteiger partial charge is 0.191 e. The Morgan fingerprint density at radius 2 is 2.14 bits per heavy atom. The number of para-hydroxylation sites is 1. The van der Waals surface area contributed by atoms with Gasteiger partial charge in [0.2, 0.25) is 0 Å². The fraction of sp³-hybridized carbons (Fsp3) is 0.588. The van der Waals surface area contributed by atoms with Crippen molar-refractivity contribution >= 4 is 17.7 Å². The van der Waals surface area contributed by atoms with E-state index in [-0.39, 0.29) is 0 Å². The largest absolute Gasteiger partial charge is 0.493 e. The van der Waals surface area contributed by atoms with Crippen LogP contribution in [0.1, 0.15) is 24.8 Å². The van der Waals surface area contributed by atoms with Gasteiger partial charge in [-0.05, 0) is 43.3 Å². The molecule has 2 N–H and O–H groups in total. The summed E-state index contributed by atoms with van der Waals surface area (Å²) in [7, 11) is 1.80. The topological polar surface area (TPSA) is 45.7 Å². The van der Waals surface area contributed by atoms with Crippen LogP contribution in [0.3, 0.4) is 0 Å². The van der Waals surface area contributed by atoms with Gasteiger partial charge in [0.1, 0.15) is 5.75 Å². The number of ether oxygens (including phenoxy) is 1. The average Bonchev–Trinajstić information content (AvgIpc) is 3.37. The van der Waals surface area contributed by atoms with Crippen molar-refractivity contribution in [2.75, 3.05) is 32.2 Å². The van der Waals surface area contributed by atoms with Gasteiger partial charge in [-0.25, -0.2) is 0 Å². The molecule has 0 aromatic heterocycles. The molecule has 1 aromatic rings. The molecule has 1 saturated carbocycles. The van der Waals surface area contributed by atoms with Gasteiger partial charge in [0.05, 0.1) is 6.61 Å². The van der Waals surface area contributed by atoms with Crippen LogP contribution in [0.5, 0.6) is 5.75 Å². The van der Waals surface area contributed by atoms with Crippen LogP contribution in [-0.2, 0) is 6.54 Å². The average molecular weight is 321 g/mol. The first-order valence-electron chi connectivity index (χ1n) is 7.97. The Balaban J connectivity index is 1.78. The van der Waals surface area contributed by atoms with Crippen LogP contribution in [0.2, 0.25) is 0 Å². The molecule has 1 aromatic carbocycles. The van der Waals surface area contributed by atoms with Gasteiger partial charge in [0.25, 0.3) is 0 Å². The predicted molar refractivity (Wildman–Crippen MR) is 95.9 cm³/mol. The van der Waals surface area contributed by atoms with Gasteiger partial charge in [-0.3, -0.25) is 4.99 Å². The minimum Gasteiger partial charge on any atom is -0.493 e. The van der Waals surface area contributed by atoms with Gasteiger partial charge in [-0.15, -0.1) is 0 Å². The standard InChI is InChI=1S/C17H27N3OS/c1-18-17(19-10-5-11-22-2)20-12-15-6-3-4-7-16(15)21-13-14-8-9-14/h3-4,6-7,14H,5,8-13H2,1-2H3,(H2,18,19,20). The first kappa shape index (κ1) is 17.0. The number of rotatable bonds is 9. The zero-order valence-electron chi connectivity index (χ0n) is 13.6. The van der Waals surface area contributed by atoms with Crippen LogP contribution in [0, 0.1) is 5.92 Å². The molecule has 0 unspecified atom stereocenters. The zero-order chi connectivity index (χ0) is 15.6. The second-order valence-corrected chi connectivity index (χ2v) is 6.55. The fourth-order valence-corrected chi connectivity index (χ4v) is 2.54. The highest BCUT2D eigenvalue weighted by Crippen LogP contribution is 2.30. The van der Waals surface area contributed by atoms with E-state index in [1.165, 1.54) is 24.2 Å². The van der Waals surface area contributed by atoms with E-state index in [1.54, 1.807) is 7.05 Å². The van der Waals surface area contributed by atoms with Gasteiger partial charge >= 0.3 is 0 Å². The van der Waals surface area contributed by atoms with Crippen molar-refractivity contribution in [3.63, 3.8) is 0 Å². The maximum Gasteiger partial charge on any atom is 0.191 e. The number of hydrogen-bond acceptors (Lipinski definition) is 3. The van der Waals surface area contributed by atoms with Crippen molar-refractivity contribution in [3.8, 4) is 5.75 Å². The van der Waals surface area contributed by atoms with Crippen LogP contribution in [0.15, 0.2) is 29.3 Å². The van der Waals surface area contributed by atoms with Crippen LogP contribution < -0.4 is 15.4 Å². The van der Waals surface area contributed by atoms with Crippen molar-refractivity contribution in [1.82, 2.24) is 10.6 Å². The van der Waals surface area contributed by atoms with Gasteiger partial charge in [0.15, 0.2) is 5.96 Å². The Kier molecular flexibility index (Phi) is 7.43. The van der Waals surface area contributed by atoms with Crippen LogP contribution in [0.4, 0.5) is 0 Å². The number of hydrogen-bond donors (Lipinski definition) is 2. The monoisotopic (exact) mass is 321 g/mol. The van der Waals surface area contributed by atoms with E-state index < -0.39 is 0 Å². The molecule has 22 heavy (non-hydrogen) atoms. The van der Waals surface area contributed by atoms with Crippen molar-refractivity contribution in [3.05, 3.63) is 29.8 Å². The van der Waals surface area contributed by atoms with E-state index in [1.807, 2.05) is 23.9 Å². The Morgan fingerprint density at radius 3 is 2.86 bits per heavy atom. The lowest BCUT2D eigenvalue weighted by molar-refractivity contribution is 0.296. The minimum absolute atomic E-state index is 0.725. The summed E-state index contributed by atoms with van der Waals surface area (Å²) in [6.07, 6.45) is 5.90. The Morgan fingerprint density at radius 1 is 1.32 bits per heavy atom. The zero-order valence-corrected chi connectivity index (χ0v) is 14.4. The third kappa shape index (κ3) is 6.18. The molecule has 0 aliphatic heterocycles. The molecule has 5 heteroatoms. The van der Waals surface area contributed by atoms with Crippen LogP contribution in [-0.4, -0.2) is 38.2 Å². The third-order valence-corrected chi connectivity index (χ3v) is 4.33. The number of nitrogens with one attached hydrogen (secondary N) is 2. The summed E-state index contributed by atoms with van der Waals surface area (Å²) >= 11 is 1.87. The number of nitrogens with zero attached hydrogens (tertiary/aromatic N) is 1. The molecule has 0 radical (unpaired) electrons. The lowest BCUT2D eigenvalue weighted by Gasteiger charge is -2.14. The summed E-state index contributed by atoms with van der Waals surface area (Å²) in [6.45, 7) is 2.52. The van der Waals surface area contributed by atoms with E-state index in [2.05, 4.69) is 34.0 Å². The van der Waals surface area contributed by atoms with Crippen LogP contribution >= 0.6 is 11.8 Å². The van der Waals surface area contributed by atoms with E-state index in [0.717, 1.165) is 43.7 Å². The third-order valence-electron chi connectivity index (χ3n) is 3.63. The molecule has 4 nitrogen and oxygen atoms in total. The molecule has 0 spiro atoms. The van der Waals surface area contributed by atoms with Crippen molar-refractivity contribution < 1.29 is 4.74 Å². The molecule has 0 atom stereocenters. The molecule has 0 bridgehead atoms. The maximum absolute atomic E-state index is 5.94. The Bertz CT molecular complexity index is 475. The highest BCUT2D eigenvalue weighted by atomic mass is 32.2. The van der Waals surface area contributed by atoms with E-state index in [4.69, 9.17) is 4.74 Å². The number of thioether (sulfide) groups is 1. The van der Waals surface area contributed by atoms with E-state index in [0.29, 0.717) is 0 Å². The van der Waals surface area contributed by atoms with Gasteiger partial charge in [-0.2, -0.15) is 11.8 Å². The highest BCUT2D eigenvalue weighted by molar-refractivity contribution is 7.98. The summed E-state index contributed by atoms with van der Waals surface area (Å²) < 4.78 is 5.94. The van der Waals surface area contributed by atoms with Gasteiger partial charge in [-0.1, -0.05) is 18.2 Å². The lowest BCUT2D eigenvalue weighted by atomic mass is 10.2. The second kappa shape index (κ2) is 9.62. The van der Waals surface area contributed by atoms with Crippen molar-refractivity contribution in [2.45, 2.75) is 25.8 Å². The summed E-state index contributed by atoms with van der Waals surface area (Å²) in [5.41, 5.74) is 1.18. The van der Waals surface area contributed by atoms with Gasteiger partial charge in [0, 0.05) is 25.7 Å². The van der Waals surface area contributed by atoms with Crippen LogP contribution in [0.25, 0.3) is 0 Å². The highest BCUT2D eigenvalue weighted by Gasteiger charge is 2.22. The molecule has 0 amide bonds.